The van der Waals surface area contributed by atoms with Crippen LogP contribution in [-0.4, -0.2) is 11.1 Å². The Kier molecular flexibility index (Phi) is 4.92. The van der Waals surface area contributed by atoms with Gasteiger partial charge in [-0.25, -0.2) is 0 Å². The van der Waals surface area contributed by atoms with E-state index in [9.17, 15) is 4.79 Å². The van der Waals surface area contributed by atoms with Gasteiger partial charge in [-0.2, -0.15) is 0 Å². The molecule has 0 spiro atoms. The lowest BCUT2D eigenvalue weighted by atomic mass is 9.96. The molecule has 0 fully saturated rings. The molecule has 0 unspecified atom stereocenters. The Morgan fingerprint density at radius 1 is 1.36 bits per heavy atom. The van der Waals surface area contributed by atoms with Crippen molar-refractivity contribution in [1.29, 1.82) is 0 Å². The third-order valence-electron chi connectivity index (χ3n) is 1.93. The zero-order valence-corrected chi connectivity index (χ0v) is 7.63. The van der Waals surface area contributed by atoms with Gasteiger partial charge in [0.1, 0.15) is 0 Å². The van der Waals surface area contributed by atoms with Gasteiger partial charge in [-0.3, -0.25) is 4.79 Å². The van der Waals surface area contributed by atoms with Crippen LogP contribution in [0.3, 0.4) is 0 Å². The van der Waals surface area contributed by atoms with Crippen molar-refractivity contribution in [3.05, 3.63) is 0 Å². The van der Waals surface area contributed by atoms with Crippen LogP contribution in [0.5, 0.6) is 0 Å². The standard InChI is InChI=1S/C9H18O2/c1-4-8(9(10)11)6-5-7(2)3/h7-8H,4-6H2,1-3H3,(H,10,11)/t8-/m0/s1. The molecular weight excluding hydrogens is 140 g/mol. The summed E-state index contributed by atoms with van der Waals surface area (Å²) in [6.07, 6.45) is 2.59. The van der Waals surface area contributed by atoms with E-state index in [4.69, 9.17) is 5.11 Å². The molecule has 0 radical (unpaired) electrons. The molecule has 0 heterocycles. The molecule has 0 aromatic carbocycles. The SMILES string of the molecule is CC[C@@H](CCC(C)C)C(=O)O. The molecule has 2 heteroatoms. The van der Waals surface area contributed by atoms with Gasteiger partial charge in [0.2, 0.25) is 0 Å². The second-order valence-electron chi connectivity index (χ2n) is 3.41. The normalized spacial score (nSPS) is 13.5. The molecular formula is C9H18O2. The summed E-state index contributed by atoms with van der Waals surface area (Å²) in [6, 6.07) is 0. The van der Waals surface area contributed by atoms with Crippen molar-refractivity contribution in [2.24, 2.45) is 11.8 Å². The van der Waals surface area contributed by atoms with E-state index < -0.39 is 5.97 Å². The van der Waals surface area contributed by atoms with Crippen LogP contribution in [0.15, 0.2) is 0 Å². The lowest BCUT2D eigenvalue weighted by molar-refractivity contribution is -0.142. The first kappa shape index (κ1) is 10.5. The number of hydrogen-bond donors (Lipinski definition) is 1. The molecule has 0 aromatic heterocycles. The van der Waals surface area contributed by atoms with Crippen LogP contribution in [-0.2, 0) is 4.79 Å². The third kappa shape index (κ3) is 4.82. The molecule has 0 aliphatic rings. The zero-order valence-electron chi connectivity index (χ0n) is 7.63. The molecule has 0 aliphatic heterocycles. The molecule has 1 atom stereocenters. The predicted octanol–water partition coefficient (Wildman–Crippen LogP) is 2.53. The highest BCUT2D eigenvalue weighted by Gasteiger charge is 2.14. The van der Waals surface area contributed by atoms with Crippen molar-refractivity contribution in [2.45, 2.75) is 40.0 Å². The first-order valence-electron chi connectivity index (χ1n) is 4.30. The van der Waals surface area contributed by atoms with Crippen LogP contribution >= 0.6 is 0 Å². The Morgan fingerprint density at radius 2 is 1.91 bits per heavy atom. The lowest BCUT2D eigenvalue weighted by Crippen LogP contribution is -2.13. The van der Waals surface area contributed by atoms with Gasteiger partial charge in [0.05, 0.1) is 5.92 Å². The number of hydrogen-bond acceptors (Lipinski definition) is 1. The summed E-state index contributed by atoms with van der Waals surface area (Å²) in [6.45, 7) is 6.17. The Hall–Kier alpha value is -0.530. The van der Waals surface area contributed by atoms with Crippen LogP contribution in [0.1, 0.15) is 40.0 Å². The van der Waals surface area contributed by atoms with Gasteiger partial charge >= 0.3 is 5.97 Å². The highest BCUT2D eigenvalue weighted by Crippen LogP contribution is 2.14. The second kappa shape index (κ2) is 5.16. The molecule has 0 amide bonds. The molecule has 0 bridgehead atoms. The van der Waals surface area contributed by atoms with Gasteiger partial charge in [-0.1, -0.05) is 27.2 Å². The molecule has 0 aromatic rings. The average Bonchev–Trinajstić information content (AvgIpc) is 1.87. The van der Waals surface area contributed by atoms with Crippen molar-refractivity contribution < 1.29 is 9.90 Å². The van der Waals surface area contributed by atoms with E-state index in [0.29, 0.717) is 5.92 Å². The highest BCUT2D eigenvalue weighted by atomic mass is 16.4. The maximum absolute atomic E-state index is 10.5. The number of carbonyl (C=O) groups is 1. The number of aliphatic carboxylic acids is 1. The minimum absolute atomic E-state index is 0.127. The van der Waals surface area contributed by atoms with Crippen molar-refractivity contribution >= 4 is 5.97 Å². The van der Waals surface area contributed by atoms with Gasteiger partial charge in [-0.05, 0) is 18.8 Å². The summed E-state index contributed by atoms with van der Waals surface area (Å²) in [5, 5.41) is 8.69. The topological polar surface area (TPSA) is 37.3 Å². The second-order valence-corrected chi connectivity index (χ2v) is 3.41. The summed E-state index contributed by atoms with van der Waals surface area (Å²) in [5.74, 6) is -0.158. The van der Waals surface area contributed by atoms with E-state index in [-0.39, 0.29) is 5.92 Å². The van der Waals surface area contributed by atoms with Crippen molar-refractivity contribution in [3.63, 3.8) is 0 Å². The first-order valence-corrected chi connectivity index (χ1v) is 4.30. The predicted molar refractivity (Wildman–Crippen MR) is 45.5 cm³/mol. The van der Waals surface area contributed by atoms with E-state index in [1.807, 2.05) is 6.92 Å². The van der Waals surface area contributed by atoms with Gasteiger partial charge < -0.3 is 5.11 Å². The summed E-state index contributed by atoms with van der Waals surface area (Å²) in [4.78, 5) is 10.5. The lowest BCUT2D eigenvalue weighted by Gasteiger charge is -2.10. The average molecular weight is 158 g/mol. The maximum Gasteiger partial charge on any atom is 0.306 e. The van der Waals surface area contributed by atoms with Crippen LogP contribution < -0.4 is 0 Å². The molecule has 11 heavy (non-hydrogen) atoms. The summed E-state index contributed by atoms with van der Waals surface area (Å²) in [5.41, 5.74) is 0. The molecule has 0 rings (SSSR count). The highest BCUT2D eigenvalue weighted by molar-refractivity contribution is 5.69. The van der Waals surface area contributed by atoms with Gasteiger partial charge in [0.25, 0.3) is 0 Å². The van der Waals surface area contributed by atoms with Gasteiger partial charge in [0.15, 0.2) is 0 Å². The van der Waals surface area contributed by atoms with Gasteiger partial charge in [-0.15, -0.1) is 0 Å². The van der Waals surface area contributed by atoms with Crippen LogP contribution in [0.4, 0.5) is 0 Å². The molecule has 0 aliphatic carbocycles. The fourth-order valence-electron chi connectivity index (χ4n) is 1.04. The third-order valence-corrected chi connectivity index (χ3v) is 1.93. The Labute approximate surface area is 68.6 Å². The van der Waals surface area contributed by atoms with Crippen LogP contribution in [0.25, 0.3) is 0 Å². The Morgan fingerprint density at radius 3 is 2.18 bits per heavy atom. The number of rotatable bonds is 5. The van der Waals surface area contributed by atoms with Crippen molar-refractivity contribution in [3.8, 4) is 0 Å². The molecule has 1 N–H and O–H groups in total. The molecule has 0 saturated heterocycles. The van der Waals surface area contributed by atoms with Crippen molar-refractivity contribution in [1.82, 2.24) is 0 Å². The Bertz CT molecular complexity index is 119. The van der Waals surface area contributed by atoms with Crippen LogP contribution in [0, 0.1) is 11.8 Å². The Balaban J connectivity index is 3.61. The molecule has 2 nitrogen and oxygen atoms in total. The smallest absolute Gasteiger partial charge is 0.306 e. The summed E-state index contributed by atoms with van der Waals surface area (Å²) < 4.78 is 0. The van der Waals surface area contributed by atoms with E-state index in [1.54, 1.807) is 0 Å². The first-order chi connectivity index (χ1) is 5.07. The minimum atomic E-state index is -0.645. The van der Waals surface area contributed by atoms with E-state index in [0.717, 1.165) is 19.3 Å². The fourth-order valence-corrected chi connectivity index (χ4v) is 1.04. The maximum atomic E-state index is 10.5. The number of carboxylic acid groups (broad SMARTS) is 1. The van der Waals surface area contributed by atoms with E-state index >= 15 is 0 Å². The van der Waals surface area contributed by atoms with E-state index in [1.165, 1.54) is 0 Å². The molecule has 66 valence electrons. The monoisotopic (exact) mass is 158 g/mol. The van der Waals surface area contributed by atoms with Crippen LogP contribution in [0.2, 0.25) is 0 Å². The van der Waals surface area contributed by atoms with Crippen molar-refractivity contribution in [2.75, 3.05) is 0 Å². The largest absolute Gasteiger partial charge is 0.481 e. The number of carboxylic acids is 1. The summed E-state index contributed by atoms with van der Waals surface area (Å²) in [7, 11) is 0. The quantitative estimate of drug-likeness (QED) is 0.667. The van der Waals surface area contributed by atoms with E-state index in [2.05, 4.69) is 13.8 Å². The minimum Gasteiger partial charge on any atom is -0.481 e. The summed E-state index contributed by atoms with van der Waals surface area (Å²) >= 11 is 0. The fraction of sp³-hybridized carbons (Fsp3) is 0.889. The molecule has 0 saturated carbocycles. The zero-order chi connectivity index (χ0) is 8.85. The van der Waals surface area contributed by atoms with Gasteiger partial charge in [0, 0.05) is 0 Å².